The summed E-state index contributed by atoms with van der Waals surface area (Å²) in [6.07, 6.45) is 3.44. The predicted octanol–water partition coefficient (Wildman–Crippen LogP) is 1.45. The lowest BCUT2D eigenvalue weighted by Crippen LogP contribution is -2.38. The number of hydrogen-bond donors (Lipinski definition) is 2. The van der Waals surface area contributed by atoms with Crippen LogP contribution < -0.4 is 15.5 Å². The van der Waals surface area contributed by atoms with Crippen LogP contribution in [-0.2, 0) is 4.79 Å². The zero-order chi connectivity index (χ0) is 15.4. The number of fused-ring (bicyclic) bond motifs is 1. The molecule has 1 aliphatic heterocycles. The Labute approximate surface area is 128 Å². The van der Waals surface area contributed by atoms with Crippen LogP contribution in [0.3, 0.4) is 0 Å². The number of hydrazone groups is 1. The van der Waals surface area contributed by atoms with Gasteiger partial charge in [0.25, 0.3) is 5.91 Å². The normalized spacial score (nSPS) is 18.0. The van der Waals surface area contributed by atoms with Crippen molar-refractivity contribution >= 4 is 23.0 Å². The van der Waals surface area contributed by atoms with Crippen LogP contribution in [0.15, 0.2) is 35.4 Å². The molecule has 0 spiro atoms. The molecule has 1 saturated heterocycles. The van der Waals surface area contributed by atoms with Gasteiger partial charge < -0.3 is 10.1 Å². The summed E-state index contributed by atoms with van der Waals surface area (Å²) in [7, 11) is 1.64. The molecule has 6 nitrogen and oxygen atoms in total. The summed E-state index contributed by atoms with van der Waals surface area (Å²) in [5.74, 6) is 0.700. The molecule has 1 aliphatic rings. The van der Waals surface area contributed by atoms with Gasteiger partial charge in [0.1, 0.15) is 5.75 Å². The molecule has 1 fully saturated rings. The second-order valence-electron chi connectivity index (χ2n) is 5.18. The molecule has 3 rings (SSSR count). The summed E-state index contributed by atoms with van der Waals surface area (Å²) >= 11 is 0. The van der Waals surface area contributed by atoms with Crippen LogP contribution in [0, 0.1) is 0 Å². The van der Waals surface area contributed by atoms with Crippen molar-refractivity contribution in [3.8, 4) is 5.75 Å². The Morgan fingerprint density at radius 1 is 1.45 bits per heavy atom. The minimum absolute atomic E-state index is 0.0979. The molecule has 0 saturated carbocycles. The SMILES string of the molecule is COc1ccc2nc(C=NNC(=O)C3CCCN3)ccc2c1. The first-order valence-corrected chi connectivity index (χ1v) is 7.27. The van der Waals surface area contributed by atoms with E-state index in [1.807, 2.05) is 30.3 Å². The highest BCUT2D eigenvalue weighted by molar-refractivity contribution is 5.87. The summed E-state index contributed by atoms with van der Waals surface area (Å²) in [6, 6.07) is 9.36. The molecule has 114 valence electrons. The third-order valence-corrected chi connectivity index (χ3v) is 3.67. The van der Waals surface area contributed by atoms with Crippen LogP contribution in [0.2, 0.25) is 0 Å². The van der Waals surface area contributed by atoms with E-state index < -0.39 is 0 Å². The number of benzene rings is 1. The molecule has 6 heteroatoms. The van der Waals surface area contributed by atoms with E-state index in [1.54, 1.807) is 13.3 Å². The fourth-order valence-electron chi connectivity index (χ4n) is 2.47. The molecule has 0 radical (unpaired) electrons. The van der Waals surface area contributed by atoms with Crippen molar-refractivity contribution in [2.24, 2.45) is 5.10 Å². The van der Waals surface area contributed by atoms with Gasteiger partial charge in [0.2, 0.25) is 0 Å². The van der Waals surface area contributed by atoms with Crippen LogP contribution in [0.4, 0.5) is 0 Å². The molecule has 1 aromatic carbocycles. The monoisotopic (exact) mass is 298 g/mol. The van der Waals surface area contributed by atoms with Crippen LogP contribution in [-0.4, -0.2) is 36.8 Å². The van der Waals surface area contributed by atoms with Gasteiger partial charge in [-0.1, -0.05) is 6.07 Å². The number of carbonyl (C=O) groups is 1. The van der Waals surface area contributed by atoms with Gasteiger partial charge in [-0.15, -0.1) is 0 Å². The number of carbonyl (C=O) groups excluding carboxylic acids is 1. The number of amides is 1. The standard InChI is InChI=1S/C16H18N4O2/c1-22-13-6-7-14-11(9-13)4-5-12(19-14)10-18-20-16(21)15-3-2-8-17-15/h4-7,9-10,15,17H,2-3,8H2,1H3,(H,20,21). The maximum atomic E-state index is 11.8. The van der Waals surface area contributed by atoms with Gasteiger partial charge in [0.05, 0.1) is 30.6 Å². The highest BCUT2D eigenvalue weighted by Crippen LogP contribution is 2.19. The third kappa shape index (κ3) is 3.23. The van der Waals surface area contributed by atoms with Crippen molar-refractivity contribution in [1.29, 1.82) is 0 Å². The first-order valence-electron chi connectivity index (χ1n) is 7.27. The van der Waals surface area contributed by atoms with Crippen LogP contribution >= 0.6 is 0 Å². The number of nitrogens with zero attached hydrogens (tertiary/aromatic N) is 2. The quantitative estimate of drug-likeness (QED) is 0.661. The molecule has 1 aromatic heterocycles. The lowest BCUT2D eigenvalue weighted by Gasteiger charge is -2.06. The number of aromatic nitrogens is 1. The van der Waals surface area contributed by atoms with Crippen molar-refractivity contribution < 1.29 is 9.53 Å². The molecular formula is C16H18N4O2. The predicted molar refractivity (Wildman–Crippen MR) is 85.1 cm³/mol. The summed E-state index contributed by atoms with van der Waals surface area (Å²) < 4.78 is 5.18. The van der Waals surface area contributed by atoms with E-state index >= 15 is 0 Å². The third-order valence-electron chi connectivity index (χ3n) is 3.67. The smallest absolute Gasteiger partial charge is 0.257 e. The molecule has 2 N–H and O–H groups in total. The second kappa shape index (κ2) is 6.53. The van der Waals surface area contributed by atoms with Crippen LogP contribution in [0.5, 0.6) is 5.75 Å². The average molecular weight is 298 g/mol. The van der Waals surface area contributed by atoms with Gasteiger partial charge >= 0.3 is 0 Å². The highest BCUT2D eigenvalue weighted by atomic mass is 16.5. The number of hydrogen-bond acceptors (Lipinski definition) is 5. The maximum Gasteiger partial charge on any atom is 0.257 e. The molecule has 2 heterocycles. The van der Waals surface area contributed by atoms with Crippen molar-refractivity contribution in [2.45, 2.75) is 18.9 Å². The molecule has 0 aliphatic carbocycles. The average Bonchev–Trinajstić information content (AvgIpc) is 3.08. The van der Waals surface area contributed by atoms with Crippen LogP contribution in [0.25, 0.3) is 10.9 Å². The van der Waals surface area contributed by atoms with Gasteiger partial charge in [-0.2, -0.15) is 5.10 Å². The summed E-state index contributed by atoms with van der Waals surface area (Å²) in [4.78, 5) is 16.3. The van der Waals surface area contributed by atoms with Gasteiger partial charge in [0, 0.05) is 5.39 Å². The van der Waals surface area contributed by atoms with E-state index in [1.165, 1.54) is 0 Å². The zero-order valence-electron chi connectivity index (χ0n) is 12.4. The van der Waals surface area contributed by atoms with E-state index in [-0.39, 0.29) is 11.9 Å². The van der Waals surface area contributed by atoms with Crippen molar-refractivity contribution in [3.63, 3.8) is 0 Å². The van der Waals surface area contributed by atoms with E-state index in [2.05, 4.69) is 20.8 Å². The van der Waals surface area contributed by atoms with Crippen molar-refractivity contribution in [3.05, 3.63) is 36.0 Å². The van der Waals surface area contributed by atoms with Gasteiger partial charge in [0.15, 0.2) is 0 Å². The van der Waals surface area contributed by atoms with Gasteiger partial charge in [-0.05, 0) is 43.7 Å². The number of nitrogens with one attached hydrogen (secondary N) is 2. The summed E-state index contributed by atoms with van der Waals surface area (Å²) in [5, 5.41) is 8.10. The van der Waals surface area contributed by atoms with Gasteiger partial charge in [-0.25, -0.2) is 10.4 Å². The lowest BCUT2D eigenvalue weighted by atomic mass is 10.2. The molecule has 1 amide bonds. The molecular weight excluding hydrogens is 280 g/mol. The van der Waals surface area contributed by atoms with Crippen molar-refractivity contribution in [2.75, 3.05) is 13.7 Å². The Bertz CT molecular complexity index is 708. The number of rotatable bonds is 4. The van der Waals surface area contributed by atoms with E-state index in [0.29, 0.717) is 5.69 Å². The Hall–Kier alpha value is -2.47. The Kier molecular flexibility index (Phi) is 4.29. The fraction of sp³-hybridized carbons (Fsp3) is 0.312. The molecule has 22 heavy (non-hydrogen) atoms. The molecule has 0 bridgehead atoms. The molecule has 1 unspecified atom stereocenters. The zero-order valence-corrected chi connectivity index (χ0v) is 12.4. The maximum absolute atomic E-state index is 11.8. The minimum Gasteiger partial charge on any atom is -0.497 e. The summed E-state index contributed by atoms with van der Waals surface area (Å²) in [6.45, 7) is 0.886. The first-order chi connectivity index (χ1) is 10.8. The highest BCUT2D eigenvalue weighted by Gasteiger charge is 2.21. The summed E-state index contributed by atoms with van der Waals surface area (Å²) in [5.41, 5.74) is 4.09. The van der Waals surface area contributed by atoms with E-state index in [4.69, 9.17) is 4.74 Å². The number of methoxy groups -OCH3 is 1. The fourth-order valence-corrected chi connectivity index (χ4v) is 2.47. The van der Waals surface area contributed by atoms with E-state index in [9.17, 15) is 4.79 Å². The van der Waals surface area contributed by atoms with E-state index in [0.717, 1.165) is 36.0 Å². The first kappa shape index (κ1) is 14.5. The Balaban J connectivity index is 1.68. The Morgan fingerprint density at radius 3 is 3.14 bits per heavy atom. The second-order valence-corrected chi connectivity index (χ2v) is 5.18. The molecule has 2 aromatic rings. The van der Waals surface area contributed by atoms with Gasteiger partial charge in [-0.3, -0.25) is 4.79 Å². The Morgan fingerprint density at radius 2 is 2.36 bits per heavy atom. The topological polar surface area (TPSA) is 75.6 Å². The number of pyridine rings is 1. The number of ether oxygens (including phenoxy) is 1. The largest absolute Gasteiger partial charge is 0.497 e. The molecule has 1 atom stereocenters. The lowest BCUT2D eigenvalue weighted by molar-refractivity contribution is -0.122. The minimum atomic E-state index is -0.130. The van der Waals surface area contributed by atoms with Crippen LogP contribution in [0.1, 0.15) is 18.5 Å². The van der Waals surface area contributed by atoms with Crippen molar-refractivity contribution in [1.82, 2.24) is 15.7 Å².